The lowest BCUT2D eigenvalue weighted by atomic mass is 10.5. The number of aromatic nitrogens is 1. The minimum atomic E-state index is 0.654. The lowest BCUT2D eigenvalue weighted by Gasteiger charge is -1.91. The first-order valence-electron chi connectivity index (χ1n) is 3.56. The summed E-state index contributed by atoms with van der Waals surface area (Å²) in [6.07, 6.45) is 0.966. The summed E-state index contributed by atoms with van der Waals surface area (Å²) >= 11 is 7.54. The molecule has 0 aliphatic carbocycles. The molecule has 0 aromatic carbocycles. The van der Waals surface area contributed by atoms with Crippen molar-refractivity contribution in [2.75, 3.05) is 7.05 Å². The Morgan fingerprint density at radius 3 is 2.82 bits per heavy atom. The van der Waals surface area contributed by atoms with Crippen LogP contribution in [0.5, 0.6) is 0 Å². The number of hydrogen-bond donors (Lipinski definition) is 1. The van der Waals surface area contributed by atoms with Crippen molar-refractivity contribution in [2.24, 2.45) is 0 Å². The van der Waals surface area contributed by atoms with Gasteiger partial charge in [-0.05, 0) is 13.5 Å². The molecule has 0 atom stereocenters. The van der Waals surface area contributed by atoms with Gasteiger partial charge in [-0.15, -0.1) is 11.3 Å². The first-order chi connectivity index (χ1) is 5.27. The summed E-state index contributed by atoms with van der Waals surface area (Å²) in [7, 11) is 1.90. The molecule has 0 saturated heterocycles. The Labute approximate surface area is 75.6 Å². The van der Waals surface area contributed by atoms with Gasteiger partial charge in [-0.25, -0.2) is 4.98 Å². The van der Waals surface area contributed by atoms with Crippen LogP contribution in [0.4, 0.5) is 0 Å². The van der Waals surface area contributed by atoms with Gasteiger partial charge in [0.2, 0.25) is 0 Å². The molecule has 0 amide bonds. The smallest absolute Gasteiger partial charge is 0.144 e. The largest absolute Gasteiger partial charge is 0.315 e. The van der Waals surface area contributed by atoms with Crippen LogP contribution in [-0.4, -0.2) is 12.0 Å². The van der Waals surface area contributed by atoms with Gasteiger partial charge in [0.05, 0.1) is 9.88 Å². The van der Waals surface area contributed by atoms with Crippen LogP contribution in [-0.2, 0) is 13.0 Å². The molecule has 1 N–H and O–H groups in total. The monoisotopic (exact) mass is 190 g/mol. The van der Waals surface area contributed by atoms with E-state index in [9.17, 15) is 0 Å². The van der Waals surface area contributed by atoms with Crippen LogP contribution in [0, 0.1) is 0 Å². The Hall–Kier alpha value is -0.120. The zero-order chi connectivity index (χ0) is 8.27. The van der Waals surface area contributed by atoms with E-state index in [4.69, 9.17) is 11.6 Å². The maximum absolute atomic E-state index is 5.86. The number of halogens is 1. The highest BCUT2D eigenvalue weighted by Crippen LogP contribution is 2.22. The maximum atomic E-state index is 5.86. The molecule has 62 valence electrons. The van der Waals surface area contributed by atoms with E-state index in [1.54, 1.807) is 11.3 Å². The van der Waals surface area contributed by atoms with E-state index in [1.807, 2.05) is 7.05 Å². The first kappa shape index (κ1) is 8.97. The van der Waals surface area contributed by atoms with E-state index < -0.39 is 0 Å². The topological polar surface area (TPSA) is 24.9 Å². The molecule has 0 aliphatic heterocycles. The minimum absolute atomic E-state index is 0.654. The van der Waals surface area contributed by atoms with Gasteiger partial charge in [0.15, 0.2) is 0 Å². The van der Waals surface area contributed by atoms with Crippen molar-refractivity contribution in [2.45, 2.75) is 19.9 Å². The highest BCUT2D eigenvalue weighted by atomic mass is 35.5. The third-order valence-corrected chi connectivity index (χ3v) is 2.96. The molecule has 1 heterocycles. The van der Waals surface area contributed by atoms with Gasteiger partial charge in [0, 0.05) is 6.54 Å². The summed E-state index contributed by atoms with van der Waals surface area (Å²) < 4.78 is 0. The Bertz CT molecular complexity index is 234. The Morgan fingerprint density at radius 1 is 1.64 bits per heavy atom. The predicted octanol–water partition coefficient (Wildman–Crippen LogP) is 2.08. The molecule has 4 heteroatoms. The summed E-state index contributed by atoms with van der Waals surface area (Å²) in [5.74, 6) is 0. The Morgan fingerprint density at radius 2 is 2.36 bits per heavy atom. The molecule has 0 radical (unpaired) electrons. The van der Waals surface area contributed by atoms with E-state index in [0.29, 0.717) is 5.15 Å². The molecule has 1 aromatic heterocycles. The summed E-state index contributed by atoms with van der Waals surface area (Å²) in [4.78, 5) is 5.32. The zero-order valence-electron chi connectivity index (χ0n) is 6.65. The third-order valence-electron chi connectivity index (χ3n) is 1.33. The standard InChI is InChI=1S/C7H11ClN2S/c1-3-6-10-7(8)5(11-6)4-9-2/h9H,3-4H2,1-2H3. The molecule has 0 aliphatic rings. The van der Waals surface area contributed by atoms with Crippen molar-refractivity contribution >= 4 is 22.9 Å². The quantitative estimate of drug-likeness (QED) is 0.790. The van der Waals surface area contributed by atoms with Crippen LogP contribution < -0.4 is 5.32 Å². The van der Waals surface area contributed by atoms with E-state index in [2.05, 4.69) is 17.2 Å². The number of nitrogens with one attached hydrogen (secondary N) is 1. The Balaban J connectivity index is 2.79. The molecule has 1 rings (SSSR count). The molecule has 2 nitrogen and oxygen atoms in total. The molecule has 0 bridgehead atoms. The van der Waals surface area contributed by atoms with Gasteiger partial charge in [-0.1, -0.05) is 18.5 Å². The van der Waals surface area contributed by atoms with E-state index in [0.717, 1.165) is 22.9 Å². The van der Waals surface area contributed by atoms with Crippen molar-refractivity contribution in [1.29, 1.82) is 0 Å². The SMILES string of the molecule is CCc1nc(Cl)c(CNC)s1. The van der Waals surface area contributed by atoms with Crippen LogP contribution in [0.1, 0.15) is 16.8 Å². The first-order valence-corrected chi connectivity index (χ1v) is 4.76. The molecule has 0 unspecified atom stereocenters. The summed E-state index contributed by atoms with van der Waals surface area (Å²) in [5.41, 5.74) is 0. The number of hydrogen-bond acceptors (Lipinski definition) is 3. The number of aryl methyl sites for hydroxylation is 1. The van der Waals surface area contributed by atoms with Crippen LogP contribution in [0.25, 0.3) is 0 Å². The fourth-order valence-electron chi connectivity index (χ4n) is 0.800. The second kappa shape index (κ2) is 4.04. The molecule has 1 aromatic rings. The molecule has 0 saturated carbocycles. The highest BCUT2D eigenvalue weighted by Gasteiger charge is 2.05. The van der Waals surface area contributed by atoms with Gasteiger partial charge < -0.3 is 5.32 Å². The van der Waals surface area contributed by atoms with Crippen molar-refractivity contribution in [3.05, 3.63) is 15.0 Å². The second-order valence-corrected chi connectivity index (χ2v) is 3.73. The number of thiazole rings is 1. The molecule has 0 fully saturated rings. The maximum Gasteiger partial charge on any atom is 0.144 e. The molecule has 11 heavy (non-hydrogen) atoms. The van der Waals surface area contributed by atoms with Crippen LogP contribution in [0.2, 0.25) is 5.15 Å². The van der Waals surface area contributed by atoms with E-state index >= 15 is 0 Å². The predicted molar refractivity (Wildman–Crippen MR) is 49.3 cm³/mol. The van der Waals surface area contributed by atoms with E-state index in [1.165, 1.54) is 0 Å². The van der Waals surface area contributed by atoms with Gasteiger partial charge in [0.1, 0.15) is 5.15 Å². The summed E-state index contributed by atoms with van der Waals surface area (Å²) in [5, 5.41) is 4.81. The van der Waals surface area contributed by atoms with Crippen molar-refractivity contribution in [1.82, 2.24) is 10.3 Å². The normalized spacial score (nSPS) is 10.5. The van der Waals surface area contributed by atoms with Gasteiger partial charge in [0.25, 0.3) is 0 Å². The number of nitrogens with zero attached hydrogens (tertiary/aromatic N) is 1. The zero-order valence-corrected chi connectivity index (χ0v) is 8.22. The van der Waals surface area contributed by atoms with Gasteiger partial charge in [-0.2, -0.15) is 0 Å². The van der Waals surface area contributed by atoms with Crippen molar-refractivity contribution < 1.29 is 0 Å². The van der Waals surface area contributed by atoms with Crippen LogP contribution >= 0.6 is 22.9 Å². The van der Waals surface area contributed by atoms with Gasteiger partial charge in [-0.3, -0.25) is 0 Å². The average Bonchev–Trinajstić information content (AvgIpc) is 2.33. The lowest BCUT2D eigenvalue weighted by molar-refractivity contribution is 0.829. The molecular weight excluding hydrogens is 180 g/mol. The van der Waals surface area contributed by atoms with Crippen LogP contribution in [0.3, 0.4) is 0 Å². The molecule has 0 spiro atoms. The lowest BCUT2D eigenvalue weighted by Crippen LogP contribution is -2.03. The second-order valence-electron chi connectivity index (χ2n) is 2.21. The summed E-state index contributed by atoms with van der Waals surface area (Å²) in [6.45, 7) is 2.90. The minimum Gasteiger partial charge on any atom is -0.315 e. The van der Waals surface area contributed by atoms with E-state index in [-0.39, 0.29) is 0 Å². The van der Waals surface area contributed by atoms with Crippen molar-refractivity contribution in [3.8, 4) is 0 Å². The average molecular weight is 191 g/mol. The van der Waals surface area contributed by atoms with Gasteiger partial charge >= 0.3 is 0 Å². The molecular formula is C7H11ClN2S. The highest BCUT2D eigenvalue weighted by molar-refractivity contribution is 7.12. The number of rotatable bonds is 3. The Kier molecular flexibility index (Phi) is 3.30. The fourth-order valence-corrected chi connectivity index (χ4v) is 2.05. The van der Waals surface area contributed by atoms with Crippen LogP contribution in [0.15, 0.2) is 0 Å². The summed E-state index contributed by atoms with van der Waals surface area (Å²) in [6, 6.07) is 0. The fraction of sp³-hybridized carbons (Fsp3) is 0.571. The third kappa shape index (κ3) is 2.15. The van der Waals surface area contributed by atoms with Crippen molar-refractivity contribution in [3.63, 3.8) is 0 Å².